The van der Waals surface area contributed by atoms with Crippen LogP contribution >= 0.6 is 0 Å². The SMILES string of the molecule is CCN(CC)S(=O)(=O)c1ccc(C(=O)OCC(=O)c2cc(C)n(-c3ccc(C)c(C)c3)c2C)cc1. The summed E-state index contributed by atoms with van der Waals surface area (Å²) in [5.41, 5.74) is 5.68. The third-order valence-electron chi connectivity index (χ3n) is 6.25. The first kappa shape index (κ1) is 26.4. The number of nitrogens with zero attached hydrogens (tertiary/aromatic N) is 2. The van der Waals surface area contributed by atoms with Gasteiger partial charge < -0.3 is 9.30 Å². The number of sulfonamides is 1. The first-order valence-electron chi connectivity index (χ1n) is 11.6. The highest BCUT2D eigenvalue weighted by Gasteiger charge is 2.23. The minimum Gasteiger partial charge on any atom is -0.454 e. The molecule has 0 saturated heterocycles. The molecule has 0 unspecified atom stereocenters. The first-order valence-corrected chi connectivity index (χ1v) is 13.0. The first-order chi connectivity index (χ1) is 16.5. The number of esters is 1. The summed E-state index contributed by atoms with van der Waals surface area (Å²) in [4.78, 5) is 25.5. The number of carbonyl (C=O) groups excluding carboxylic acids is 2. The summed E-state index contributed by atoms with van der Waals surface area (Å²) in [7, 11) is -3.62. The van der Waals surface area contributed by atoms with Gasteiger partial charge in [0.25, 0.3) is 0 Å². The second kappa shape index (κ2) is 10.6. The molecule has 0 aliphatic heterocycles. The van der Waals surface area contributed by atoms with E-state index in [2.05, 4.69) is 13.0 Å². The van der Waals surface area contributed by atoms with Crippen molar-refractivity contribution < 1.29 is 22.7 Å². The van der Waals surface area contributed by atoms with E-state index >= 15 is 0 Å². The zero-order valence-corrected chi connectivity index (χ0v) is 21.9. The van der Waals surface area contributed by atoms with Crippen LogP contribution in [0, 0.1) is 27.7 Å². The zero-order valence-electron chi connectivity index (χ0n) is 21.1. The summed E-state index contributed by atoms with van der Waals surface area (Å²) in [6.45, 7) is 11.7. The molecule has 0 amide bonds. The average Bonchev–Trinajstić information content (AvgIpc) is 3.13. The van der Waals surface area contributed by atoms with Crippen LogP contribution in [0.2, 0.25) is 0 Å². The Morgan fingerprint density at radius 1 is 0.886 bits per heavy atom. The Bertz CT molecular complexity index is 1350. The molecule has 0 aliphatic rings. The number of benzene rings is 2. The smallest absolute Gasteiger partial charge is 0.338 e. The van der Waals surface area contributed by atoms with Crippen LogP contribution in [0.4, 0.5) is 0 Å². The minimum atomic E-state index is -3.62. The van der Waals surface area contributed by atoms with Gasteiger partial charge in [-0.15, -0.1) is 0 Å². The van der Waals surface area contributed by atoms with Crippen molar-refractivity contribution >= 4 is 21.8 Å². The van der Waals surface area contributed by atoms with Gasteiger partial charge in [0.05, 0.1) is 10.5 Å². The molecular weight excluding hydrogens is 464 g/mol. The van der Waals surface area contributed by atoms with Crippen molar-refractivity contribution in [3.05, 3.63) is 82.2 Å². The highest BCUT2D eigenvalue weighted by molar-refractivity contribution is 7.89. The molecule has 0 fully saturated rings. The summed E-state index contributed by atoms with van der Waals surface area (Å²) < 4.78 is 33.8. The molecule has 7 nitrogen and oxygen atoms in total. The number of rotatable bonds is 9. The Labute approximate surface area is 207 Å². The quantitative estimate of drug-likeness (QED) is 0.314. The summed E-state index contributed by atoms with van der Waals surface area (Å²) >= 11 is 0. The maximum atomic E-state index is 12.9. The largest absolute Gasteiger partial charge is 0.454 e. The standard InChI is InChI=1S/C27H32N2O5S/c1-7-28(8-2)35(32,33)24-13-10-22(11-14-24)27(31)34-17-26(30)25-16-20(5)29(21(25)6)23-12-9-18(3)19(4)15-23/h9-16H,7-8,17H2,1-6H3. The topological polar surface area (TPSA) is 85.7 Å². The molecule has 3 aromatic rings. The van der Waals surface area contributed by atoms with Gasteiger partial charge in [-0.2, -0.15) is 4.31 Å². The van der Waals surface area contributed by atoms with E-state index in [1.807, 2.05) is 37.5 Å². The van der Waals surface area contributed by atoms with Crippen molar-refractivity contribution in [3.8, 4) is 5.69 Å². The van der Waals surface area contributed by atoms with Gasteiger partial charge in [-0.1, -0.05) is 19.9 Å². The maximum Gasteiger partial charge on any atom is 0.338 e. The summed E-state index contributed by atoms with van der Waals surface area (Å²) in [6, 6.07) is 13.5. The highest BCUT2D eigenvalue weighted by Crippen LogP contribution is 2.23. The van der Waals surface area contributed by atoms with Gasteiger partial charge >= 0.3 is 5.97 Å². The van der Waals surface area contributed by atoms with Crippen molar-refractivity contribution in [2.24, 2.45) is 0 Å². The molecule has 1 aromatic heterocycles. The Morgan fingerprint density at radius 2 is 1.51 bits per heavy atom. The van der Waals surface area contributed by atoms with E-state index in [9.17, 15) is 18.0 Å². The molecule has 0 aliphatic carbocycles. The molecule has 8 heteroatoms. The molecule has 0 saturated carbocycles. The fourth-order valence-electron chi connectivity index (χ4n) is 4.07. The lowest BCUT2D eigenvalue weighted by Crippen LogP contribution is -2.30. The van der Waals surface area contributed by atoms with Gasteiger partial charge in [0.1, 0.15) is 0 Å². The van der Waals surface area contributed by atoms with Crippen LogP contribution in [0.3, 0.4) is 0 Å². The number of hydrogen-bond donors (Lipinski definition) is 0. The van der Waals surface area contributed by atoms with E-state index in [1.165, 1.54) is 34.1 Å². The van der Waals surface area contributed by atoms with Crippen LogP contribution in [0.1, 0.15) is 57.1 Å². The molecule has 0 radical (unpaired) electrons. The van der Waals surface area contributed by atoms with Crippen LogP contribution < -0.4 is 0 Å². The predicted molar refractivity (Wildman–Crippen MR) is 136 cm³/mol. The van der Waals surface area contributed by atoms with Crippen molar-refractivity contribution in [1.82, 2.24) is 8.87 Å². The van der Waals surface area contributed by atoms with Gasteiger partial charge in [-0.25, -0.2) is 13.2 Å². The van der Waals surface area contributed by atoms with Crippen molar-refractivity contribution in [2.75, 3.05) is 19.7 Å². The minimum absolute atomic E-state index is 0.104. The maximum absolute atomic E-state index is 12.9. The predicted octanol–water partition coefficient (Wildman–Crippen LogP) is 4.78. The van der Waals surface area contributed by atoms with E-state index < -0.39 is 22.6 Å². The van der Waals surface area contributed by atoms with E-state index in [0.717, 1.165) is 22.6 Å². The summed E-state index contributed by atoms with van der Waals surface area (Å²) in [6.07, 6.45) is 0. The van der Waals surface area contributed by atoms with E-state index in [0.29, 0.717) is 18.7 Å². The number of hydrogen-bond acceptors (Lipinski definition) is 5. The molecule has 0 atom stereocenters. The fraction of sp³-hybridized carbons (Fsp3) is 0.333. The lowest BCUT2D eigenvalue weighted by atomic mass is 10.1. The van der Waals surface area contributed by atoms with Gasteiger partial charge in [0, 0.05) is 35.7 Å². The Kier molecular flexibility index (Phi) is 7.97. The molecule has 0 N–H and O–H groups in total. The van der Waals surface area contributed by atoms with Crippen LogP contribution in [0.25, 0.3) is 5.69 Å². The molecule has 35 heavy (non-hydrogen) atoms. The third-order valence-corrected chi connectivity index (χ3v) is 8.31. The second-order valence-electron chi connectivity index (χ2n) is 8.50. The number of carbonyl (C=O) groups is 2. The molecule has 3 rings (SSSR count). The number of aryl methyl sites for hydroxylation is 3. The summed E-state index contributed by atoms with van der Waals surface area (Å²) in [5.74, 6) is -0.990. The van der Waals surface area contributed by atoms with Crippen molar-refractivity contribution in [2.45, 2.75) is 46.4 Å². The number of ketones is 1. The fourth-order valence-corrected chi connectivity index (χ4v) is 5.53. The zero-order chi connectivity index (χ0) is 25.9. The Morgan fingerprint density at radius 3 is 2.09 bits per heavy atom. The van der Waals surface area contributed by atoms with E-state index in [1.54, 1.807) is 19.9 Å². The molecule has 2 aromatic carbocycles. The normalized spacial score (nSPS) is 11.6. The average molecular weight is 497 g/mol. The van der Waals surface area contributed by atoms with Crippen LogP contribution in [-0.4, -0.2) is 48.7 Å². The van der Waals surface area contributed by atoms with E-state index in [4.69, 9.17) is 4.74 Å². The monoisotopic (exact) mass is 496 g/mol. The third kappa shape index (κ3) is 5.39. The molecule has 0 spiro atoms. The lowest BCUT2D eigenvalue weighted by Gasteiger charge is -2.18. The van der Waals surface area contributed by atoms with Crippen LogP contribution in [-0.2, 0) is 14.8 Å². The van der Waals surface area contributed by atoms with Crippen molar-refractivity contribution in [3.63, 3.8) is 0 Å². The molecule has 186 valence electrons. The highest BCUT2D eigenvalue weighted by atomic mass is 32.2. The van der Waals surface area contributed by atoms with Crippen molar-refractivity contribution in [1.29, 1.82) is 0 Å². The van der Waals surface area contributed by atoms with Crippen LogP contribution in [0.5, 0.6) is 0 Å². The van der Waals surface area contributed by atoms with Gasteiger partial charge in [-0.3, -0.25) is 4.79 Å². The summed E-state index contributed by atoms with van der Waals surface area (Å²) in [5, 5.41) is 0. The second-order valence-corrected chi connectivity index (χ2v) is 10.4. The number of ether oxygens (including phenoxy) is 1. The van der Waals surface area contributed by atoms with Gasteiger partial charge in [0.15, 0.2) is 6.61 Å². The molecule has 0 bridgehead atoms. The van der Waals surface area contributed by atoms with E-state index in [-0.39, 0.29) is 16.2 Å². The Balaban J connectivity index is 1.72. The Hall–Kier alpha value is -3.23. The van der Waals surface area contributed by atoms with Gasteiger partial charge in [-0.05, 0) is 81.3 Å². The number of aromatic nitrogens is 1. The molecular formula is C27H32N2O5S. The van der Waals surface area contributed by atoms with Crippen LogP contribution in [0.15, 0.2) is 53.4 Å². The lowest BCUT2D eigenvalue weighted by molar-refractivity contribution is 0.0474. The van der Waals surface area contributed by atoms with Gasteiger partial charge in [0.2, 0.25) is 15.8 Å². The number of Topliss-reactive ketones (excluding diaryl/α,β-unsaturated/α-hetero) is 1. The molecule has 1 heterocycles.